The highest BCUT2D eigenvalue weighted by molar-refractivity contribution is 7.90. The number of aldehydes is 1. The molecule has 3 heterocycles. The SMILES string of the molecule is CCn1cc(-c2ccnc3c2cc(C=O)n3S(=O)(=O)c2ccccc2)c(-c2ccc([N+](=O)[O-])cc2)n1. The van der Waals surface area contributed by atoms with Crippen LogP contribution in [0.2, 0.25) is 0 Å². The zero-order valence-electron chi connectivity index (χ0n) is 19.0. The summed E-state index contributed by atoms with van der Waals surface area (Å²) in [7, 11) is -4.10. The molecule has 5 aromatic rings. The quantitative estimate of drug-likeness (QED) is 0.182. The van der Waals surface area contributed by atoms with E-state index >= 15 is 0 Å². The molecule has 0 saturated heterocycles. The Morgan fingerprint density at radius 1 is 1.03 bits per heavy atom. The monoisotopic (exact) mass is 501 g/mol. The van der Waals surface area contributed by atoms with Crippen molar-refractivity contribution in [2.75, 3.05) is 0 Å². The van der Waals surface area contributed by atoms with E-state index in [-0.39, 0.29) is 21.9 Å². The van der Waals surface area contributed by atoms with Gasteiger partial charge >= 0.3 is 0 Å². The van der Waals surface area contributed by atoms with Gasteiger partial charge in [-0.15, -0.1) is 0 Å². The molecule has 180 valence electrons. The normalized spacial score (nSPS) is 11.6. The van der Waals surface area contributed by atoms with Crippen molar-refractivity contribution in [3.63, 3.8) is 0 Å². The fraction of sp³-hybridized carbons (Fsp3) is 0.0800. The van der Waals surface area contributed by atoms with Crippen molar-refractivity contribution in [1.29, 1.82) is 0 Å². The topological polar surface area (TPSA) is 130 Å². The fourth-order valence-corrected chi connectivity index (χ4v) is 5.56. The van der Waals surface area contributed by atoms with Crippen LogP contribution in [0.4, 0.5) is 5.69 Å². The number of hydrogen-bond acceptors (Lipinski definition) is 7. The van der Waals surface area contributed by atoms with Crippen LogP contribution in [0.5, 0.6) is 0 Å². The van der Waals surface area contributed by atoms with Gasteiger partial charge in [0.15, 0.2) is 11.9 Å². The number of carbonyl (C=O) groups is 1. The Bertz CT molecular complexity index is 1720. The number of nitro groups is 1. The number of pyridine rings is 1. The van der Waals surface area contributed by atoms with Crippen molar-refractivity contribution in [2.24, 2.45) is 0 Å². The number of rotatable bonds is 7. The van der Waals surface area contributed by atoms with Crippen molar-refractivity contribution < 1.29 is 18.1 Å². The first-order valence-electron chi connectivity index (χ1n) is 10.9. The summed E-state index contributed by atoms with van der Waals surface area (Å²) >= 11 is 0. The molecule has 0 aliphatic carbocycles. The molecule has 2 aromatic carbocycles. The van der Waals surface area contributed by atoms with E-state index in [2.05, 4.69) is 10.1 Å². The summed E-state index contributed by atoms with van der Waals surface area (Å²) in [5, 5.41) is 16.2. The lowest BCUT2D eigenvalue weighted by molar-refractivity contribution is -0.384. The number of nitro benzene ring substituents is 1. The summed E-state index contributed by atoms with van der Waals surface area (Å²) in [6.07, 6.45) is 3.78. The highest BCUT2D eigenvalue weighted by Gasteiger charge is 2.26. The third-order valence-corrected chi connectivity index (χ3v) is 7.55. The number of non-ortho nitro benzene ring substituents is 1. The molecule has 0 spiro atoms. The van der Waals surface area contributed by atoms with Gasteiger partial charge in [0.05, 0.1) is 15.5 Å². The lowest BCUT2D eigenvalue weighted by atomic mass is 10.00. The van der Waals surface area contributed by atoms with E-state index < -0.39 is 14.9 Å². The highest BCUT2D eigenvalue weighted by Crippen LogP contribution is 2.37. The predicted molar refractivity (Wildman–Crippen MR) is 133 cm³/mol. The van der Waals surface area contributed by atoms with Crippen molar-refractivity contribution in [2.45, 2.75) is 18.4 Å². The van der Waals surface area contributed by atoms with E-state index in [0.717, 1.165) is 3.97 Å². The van der Waals surface area contributed by atoms with Crippen LogP contribution in [0.1, 0.15) is 17.4 Å². The molecule has 36 heavy (non-hydrogen) atoms. The first-order valence-corrected chi connectivity index (χ1v) is 12.4. The van der Waals surface area contributed by atoms with Crippen LogP contribution < -0.4 is 0 Å². The van der Waals surface area contributed by atoms with Crippen molar-refractivity contribution >= 4 is 33.0 Å². The standard InChI is InChI=1S/C25H19N5O5S/c1-2-28-15-23(24(27-28)17-8-10-18(11-9-17)30(32)33)21-12-13-26-25-22(21)14-19(16-31)29(25)36(34,35)20-6-4-3-5-7-20/h3-16H,2H2,1H3. The molecule has 3 aromatic heterocycles. The summed E-state index contributed by atoms with van der Waals surface area (Å²) in [5.74, 6) is 0. The van der Waals surface area contributed by atoms with Gasteiger partial charge in [-0.3, -0.25) is 19.6 Å². The van der Waals surface area contributed by atoms with E-state index in [9.17, 15) is 23.3 Å². The minimum atomic E-state index is -4.10. The molecule has 0 saturated carbocycles. The maximum absolute atomic E-state index is 13.5. The van der Waals surface area contributed by atoms with E-state index in [1.54, 1.807) is 41.1 Å². The Morgan fingerprint density at radius 3 is 2.39 bits per heavy atom. The molecule has 0 bridgehead atoms. The molecular weight excluding hydrogens is 482 g/mol. The lowest BCUT2D eigenvalue weighted by Crippen LogP contribution is -2.15. The van der Waals surface area contributed by atoms with Gasteiger partial charge in [0, 0.05) is 47.6 Å². The second-order valence-corrected chi connectivity index (χ2v) is 9.70. The zero-order chi connectivity index (χ0) is 25.4. The largest absolute Gasteiger partial charge is 0.296 e. The Hall–Kier alpha value is -4.64. The minimum Gasteiger partial charge on any atom is -0.296 e. The maximum Gasteiger partial charge on any atom is 0.270 e. The summed E-state index contributed by atoms with van der Waals surface area (Å²) in [4.78, 5) is 26.9. The summed E-state index contributed by atoms with van der Waals surface area (Å²) in [6, 6.07) is 17.1. The summed E-state index contributed by atoms with van der Waals surface area (Å²) < 4.78 is 29.6. The first kappa shape index (κ1) is 23.1. The molecule has 10 nitrogen and oxygen atoms in total. The molecule has 0 atom stereocenters. The van der Waals surface area contributed by atoms with Crippen LogP contribution >= 0.6 is 0 Å². The number of hydrogen-bond donors (Lipinski definition) is 0. The number of nitrogens with zero attached hydrogens (tertiary/aromatic N) is 5. The number of carbonyl (C=O) groups excluding carboxylic acids is 1. The molecule has 11 heteroatoms. The minimum absolute atomic E-state index is 0.0307. The Kier molecular flexibility index (Phi) is 5.69. The molecule has 0 aliphatic rings. The average Bonchev–Trinajstić information content (AvgIpc) is 3.51. The lowest BCUT2D eigenvalue weighted by Gasteiger charge is -2.09. The van der Waals surface area contributed by atoms with Crippen molar-refractivity contribution in [3.8, 4) is 22.4 Å². The van der Waals surface area contributed by atoms with Crippen LogP contribution in [0.15, 0.2) is 84.0 Å². The average molecular weight is 502 g/mol. The van der Waals surface area contributed by atoms with Gasteiger partial charge in [0.1, 0.15) is 5.69 Å². The molecule has 0 radical (unpaired) electrons. The fourth-order valence-electron chi connectivity index (χ4n) is 4.10. The number of fused-ring (bicyclic) bond motifs is 1. The van der Waals surface area contributed by atoms with Crippen LogP contribution in [0, 0.1) is 10.1 Å². The van der Waals surface area contributed by atoms with Crippen molar-refractivity contribution in [3.05, 3.63) is 94.9 Å². The summed E-state index contributed by atoms with van der Waals surface area (Å²) in [5.41, 5.74) is 2.51. The van der Waals surface area contributed by atoms with Gasteiger partial charge < -0.3 is 0 Å². The second-order valence-electron chi connectivity index (χ2n) is 7.92. The first-order chi connectivity index (χ1) is 17.3. The summed E-state index contributed by atoms with van der Waals surface area (Å²) in [6.45, 7) is 2.49. The van der Waals surface area contributed by atoms with Crippen molar-refractivity contribution in [1.82, 2.24) is 18.7 Å². The third-order valence-electron chi connectivity index (χ3n) is 5.82. The molecule has 0 N–H and O–H groups in total. The Labute approximate surface area is 205 Å². The van der Waals surface area contributed by atoms with E-state index in [4.69, 9.17) is 0 Å². The Balaban J connectivity index is 1.75. The van der Waals surface area contributed by atoms with Gasteiger partial charge in [-0.25, -0.2) is 17.4 Å². The molecule has 5 rings (SSSR count). The Morgan fingerprint density at radius 2 is 1.75 bits per heavy atom. The van der Waals surface area contributed by atoms with E-state index in [1.165, 1.54) is 36.5 Å². The third kappa shape index (κ3) is 3.75. The molecule has 0 aliphatic heterocycles. The van der Waals surface area contributed by atoms with Gasteiger partial charge in [-0.2, -0.15) is 5.10 Å². The van der Waals surface area contributed by atoms with Crippen LogP contribution in [0.3, 0.4) is 0 Å². The zero-order valence-corrected chi connectivity index (χ0v) is 19.8. The van der Waals surface area contributed by atoms with Gasteiger partial charge in [0.25, 0.3) is 15.7 Å². The van der Waals surface area contributed by atoms with Gasteiger partial charge in [0.2, 0.25) is 0 Å². The molecular formula is C25H19N5O5S. The van der Waals surface area contributed by atoms with Crippen LogP contribution in [-0.2, 0) is 16.6 Å². The van der Waals surface area contributed by atoms with Gasteiger partial charge in [-0.1, -0.05) is 18.2 Å². The molecule has 0 fully saturated rings. The molecule has 0 unspecified atom stereocenters. The predicted octanol–water partition coefficient (Wildman–Crippen LogP) is 4.54. The number of benzene rings is 2. The smallest absolute Gasteiger partial charge is 0.270 e. The van der Waals surface area contributed by atoms with E-state index in [1.807, 2.05) is 13.1 Å². The maximum atomic E-state index is 13.5. The number of aromatic nitrogens is 4. The molecule has 0 amide bonds. The van der Waals surface area contributed by atoms with Crippen LogP contribution in [-0.4, -0.2) is 38.4 Å². The van der Waals surface area contributed by atoms with E-state index in [0.29, 0.717) is 40.6 Å². The van der Waals surface area contributed by atoms with Crippen LogP contribution in [0.25, 0.3) is 33.4 Å². The second kappa shape index (κ2) is 8.86. The highest BCUT2D eigenvalue weighted by atomic mass is 32.2. The number of aryl methyl sites for hydroxylation is 1. The van der Waals surface area contributed by atoms with Gasteiger partial charge in [-0.05, 0) is 48.9 Å².